The predicted molar refractivity (Wildman–Crippen MR) is 69.8 cm³/mol. The third kappa shape index (κ3) is 1.22. The average molecular weight is 222 g/mol. The SMILES string of the molecule is C=C1c2ccccc2C(=O)C2=CC=CCC12C. The molecule has 0 bridgehead atoms. The molecule has 1 aromatic carbocycles. The highest BCUT2D eigenvalue weighted by Crippen LogP contribution is 2.50. The van der Waals surface area contributed by atoms with Crippen LogP contribution in [0.3, 0.4) is 0 Å². The van der Waals surface area contributed by atoms with E-state index in [9.17, 15) is 4.79 Å². The van der Waals surface area contributed by atoms with Gasteiger partial charge in [0.1, 0.15) is 0 Å². The van der Waals surface area contributed by atoms with Crippen LogP contribution in [0.5, 0.6) is 0 Å². The summed E-state index contributed by atoms with van der Waals surface area (Å²) in [5.74, 6) is 0.153. The maximum atomic E-state index is 12.5. The van der Waals surface area contributed by atoms with E-state index in [4.69, 9.17) is 0 Å². The van der Waals surface area contributed by atoms with E-state index in [0.29, 0.717) is 0 Å². The zero-order valence-electron chi connectivity index (χ0n) is 9.86. The van der Waals surface area contributed by atoms with Crippen molar-refractivity contribution in [2.24, 2.45) is 5.41 Å². The number of Topliss-reactive ketones (excluding diaryl/α,β-unsaturated/α-hetero) is 1. The van der Waals surface area contributed by atoms with Gasteiger partial charge >= 0.3 is 0 Å². The fourth-order valence-electron chi connectivity index (χ4n) is 2.76. The number of ketones is 1. The van der Waals surface area contributed by atoms with Crippen molar-refractivity contribution in [1.29, 1.82) is 0 Å². The first kappa shape index (κ1) is 10.3. The molecule has 84 valence electrons. The Morgan fingerprint density at radius 2 is 1.94 bits per heavy atom. The van der Waals surface area contributed by atoms with E-state index in [1.54, 1.807) is 0 Å². The molecule has 0 radical (unpaired) electrons. The van der Waals surface area contributed by atoms with Crippen LogP contribution in [0.1, 0.15) is 29.3 Å². The first-order valence-electron chi connectivity index (χ1n) is 5.85. The van der Waals surface area contributed by atoms with Crippen molar-refractivity contribution in [2.45, 2.75) is 13.3 Å². The standard InChI is InChI=1S/C16H14O/c1-11-12-7-3-4-8-13(12)15(17)14-9-5-6-10-16(11,14)2/h3-9H,1,10H2,2H3. The normalized spacial score (nSPS) is 26.3. The molecule has 17 heavy (non-hydrogen) atoms. The monoisotopic (exact) mass is 222 g/mol. The summed E-state index contributed by atoms with van der Waals surface area (Å²) in [5, 5.41) is 0. The number of carbonyl (C=O) groups is 1. The molecular weight excluding hydrogens is 208 g/mol. The van der Waals surface area contributed by atoms with Crippen molar-refractivity contribution < 1.29 is 4.79 Å². The summed E-state index contributed by atoms with van der Waals surface area (Å²) in [4.78, 5) is 12.5. The van der Waals surface area contributed by atoms with Crippen molar-refractivity contribution in [3.05, 3.63) is 65.8 Å². The molecule has 0 saturated carbocycles. The van der Waals surface area contributed by atoms with Crippen LogP contribution in [0.25, 0.3) is 5.57 Å². The first-order chi connectivity index (χ1) is 8.14. The van der Waals surface area contributed by atoms with Crippen molar-refractivity contribution in [2.75, 3.05) is 0 Å². The number of fused-ring (bicyclic) bond motifs is 2. The van der Waals surface area contributed by atoms with Crippen LogP contribution in [0.15, 0.2) is 54.6 Å². The highest BCUT2D eigenvalue weighted by molar-refractivity contribution is 6.17. The molecule has 0 aromatic heterocycles. The molecule has 0 N–H and O–H groups in total. The molecule has 0 saturated heterocycles. The molecular formula is C16H14O. The number of rotatable bonds is 0. The minimum absolute atomic E-state index is 0.153. The Hall–Kier alpha value is -1.89. The fraction of sp³-hybridized carbons (Fsp3) is 0.188. The number of hydrogen-bond donors (Lipinski definition) is 0. The Bertz CT molecular complexity index is 589. The van der Waals surface area contributed by atoms with Crippen molar-refractivity contribution in [3.63, 3.8) is 0 Å². The maximum absolute atomic E-state index is 12.5. The van der Waals surface area contributed by atoms with E-state index in [1.807, 2.05) is 36.4 Å². The average Bonchev–Trinajstić information content (AvgIpc) is 2.36. The molecule has 0 spiro atoms. The highest BCUT2D eigenvalue weighted by Gasteiger charge is 2.42. The van der Waals surface area contributed by atoms with E-state index in [-0.39, 0.29) is 11.2 Å². The number of benzene rings is 1. The molecule has 1 aromatic rings. The lowest BCUT2D eigenvalue weighted by molar-refractivity contribution is 0.101. The van der Waals surface area contributed by atoms with Gasteiger partial charge in [-0.05, 0) is 17.6 Å². The quantitative estimate of drug-likeness (QED) is 0.652. The van der Waals surface area contributed by atoms with Gasteiger partial charge in [0.15, 0.2) is 5.78 Å². The Morgan fingerprint density at radius 1 is 1.24 bits per heavy atom. The lowest BCUT2D eigenvalue weighted by Crippen LogP contribution is -2.32. The fourth-order valence-corrected chi connectivity index (χ4v) is 2.76. The predicted octanol–water partition coefficient (Wildman–Crippen LogP) is 3.79. The van der Waals surface area contributed by atoms with E-state index in [0.717, 1.165) is 28.7 Å². The van der Waals surface area contributed by atoms with E-state index in [1.165, 1.54) is 0 Å². The molecule has 2 aliphatic carbocycles. The molecule has 0 fully saturated rings. The second-order valence-corrected chi connectivity index (χ2v) is 4.90. The van der Waals surface area contributed by atoms with Crippen LogP contribution in [0, 0.1) is 5.41 Å². The number of carbonyl (C=O) groups excluding carboxylic acids is 1. The zero-order valence-corrected chi connectivity index (χ0v) is 9.86. The second kappa shape index (κ2) is 3.30. The lowest BCUT2D eigenvalue weighted by atomic mass is 9.63. The van der Waals surface area contributed by atoms with E-state index in [2.05, 4.69) is 19.6 Å². The minimum atomic E-state index is -0.222. The van der Waals surface area contributed by atoms with Gasteiger partial charge in [0.25, 0.3) is 0 Å². The minimum Gasteiger partial charge on any atom is -0.289 e. The van der Waals surface area contributed by atoms with Gasteiger partial charge in [-0.1, -0.05) is 56.0 Å². The topological polar surface area (TPSA) is 17.1 Å². The summed E-state index contributed by atoms with van der Waals surface area (Å²) in [5.41, 5.74) is 3.51. The molecule has 2 aliphatic rings. The van der Waals surface area contributed by atoms with Gasteiger partial charge in [0.2, 0.25) is 0 Å². The lowest BCUT2D eigenvalue weighted by Gasteiger charge is -2.39. The van der Waals surface area contributed by atoms with Crippen LogP contribution in [0.2, 0.25) is 0 Å². The van der Waals surface area contributed by atoms with Crippen molar-refractivity contribution in [1.82, 2.24) is 0 Å². The molecule has 1 heteroatoms. The number of allylic oxidation sites excluding steroid dienone is 5. The third-order valence-electron chi connectivity index (χ3n) is 3.93. The van der Waals surface area contributed by atoms with Gasteiger partial charge in [0.05, 0.1) is 0 Å². The van der Waals surface area contributed by atoms with Gasteiger partial charge in [0, 0.05) is 16.6 Å². The summed E-state index contributed by atoms with van der Waals surface area (Å²) in [6.45, 7) is 6.33. The summed E-state index contributed by atoms with van der Waals surface area (Å²) in [6.07, 6.45) is 6.87. The van der Waals surface area contributed by atoms with Crippen LogP contribution in [0.4, 0.5) is 0 Å². The molecule has 1 unspecified atom stereocenters. The zero-order chi connectivity index (χ0) is 12.0. The Labute approximate surface area is 101 Å². The van der Waals surface area contributed by atoms with E-state index < -0.39 is 0 Å². The van der Waals surface area contributed by atoms with Gasteiger partial charge in [-0.3, -0.25) is 4.79 Å². The van der Waals surface area contributed by atoms with E-state index >= 15 is 0 Å². The van der Waals surface area contributed by atoms with Gasteiger partial charge < -0.3 is 0 Å². The number of hydrogen-bond acceptors (Lipinski definition) is 1. The summed E-state index contributed by atoms with van der Waals surface area (Å²) in [6, 6.07) is 7.76. The maximum Gasteiger partial charge on any atom is 0.190 e. The van der Waals surface area contributed by atoms with Crippen LogP contribution in [-0.2, 0) is 0 Å². The summed E-state index contributed by atoms with van der Waals surface area (Å²) < 4.78 is 0. The highest BCUT2D eigenvalue weighted by atomic mass is 16.1. The smallest absolute Gasteiger partial charge is 0.190 e. The van der Waals surface area contributed by atoms with Crippen LogP contribution < -0.4 is 0 Å². The molecule has 0 aliphatic heterocycles. The molecule has 0 heterocycles. The Morgan fingerprint density at radius 3 is 2.71 bits per heavy atom. The van der Waals surface area contributed by atoms with Gasteiger partial charge in [-0.25, -0.2) is 0 Å². The Kier molecular flexibility index (Phi) is 1.99. The summed E-state index contributed by atoms with van der Waals surface area (Å²) in [7, 11) is 0. The molecule has 1 nitrogen and oxygen atoms in total. The third-order valence-corrected chi connectivity index (χ3v) is 3.93. The molecule has 0 amide bonds. The summed E-state index contributed by atoms with van der Waals surface area (Å²) >= 11 is 0. The van der Waals surface area contributed by atoms with Gasteiger partial charge in [-0.15, -0.1) is 0 Å². The first-order valence-corrected chi connectivity index (χ1v) is 5.85. The Balaban J connectivity index is 2.31. The van der Waals surface area contributed by atoms with Crippen LogP contribution >= 0.6 is 0 Å². The van der Waals surface area contributed by atoms with Gasteiger partial charge in [-0.2, -0.15) is 0 Å². The molecule has 1 atom stereocenters. The van der Waals surface area contributed by atoms with Crippen molar-refractivity contribution >= 4 is 11.4 Å². The second-order valence-electron chi connectivity index (χ2n) is 4.90. The molecule has 3 rings (SSSR count). The largest absolute Gasteiger partial charge is 0.289 e. The van der Waals surface area contributed by atoms with Crippen LogP contribution in [-0.4, -0.2) is 5.78 Å². The van der Waals surface area contributed by atoms with Crippen molar-refractivity contribution in [3.8, 4) is 0 Å².